The van der Waals surface area contributed by atoms with Crippen LogP contribution in [0.15, 0.2) is 53.2 Å². The Balaban J connectivity index is 2.09. The predicted molar refractivity (Wildman–Crippen MR) is 116 cm³/mol. The van der Waals surface area contributed by atoms with E-state index in [-0.39, 0.29) is 35.8 Å². The topological polar surface area (TPSA) is 118 Å². The lowest BCUT2D eigenvalue weighted by molar-refractivity contribution is -0.0902. The van der Waals surface area contributed by atoms with Gasteiger partial charge in [-0.05, 0) is 32.0 Å². The molecule has 0 radical (unpaired) electrons. The number of ether oxygens (including phenoxy) is 2. The number of aromatic nitrogens is 2. The molecule has 0 aromatic carbocycles. The van der Waals surface area contributed by atoms with Crippen molar-refractivity contribution < 1.29 is 27.4 Å². The largest absolute Gasteiger partial charge is 0.478 e. The van der Waals surface area contributed by atoms with Crippen molar-refractivity contribution in [2.45, 2.75) is 26.6 Å². The molecular weight excluding hydrogens is 443 g/mol. The number of nitrogens with zero attached hydrogens (tertiary/aromatic N) is 2. The molecule has 2 aromatic heterocycles. The maximum absolute atomic E-state index is 13.2. The number of hydrogen-bond donors (Lipinski definition) is 3. The quantitative estimate of drug-likeness (QED) is 0.280. The molecule has 0 spiro atoms. The average Bonchev–Trinajstić information content (AvgIpc) is 2.75. The maximum Gasteiger partial charge on any atom is 0.431 e. The summed E-state index contributed by atoms with van der Waals surface area (Å²) in [5.74, 6) is -1.09. The Bertz CT molecular complexity index is 1050. The summed E-state index contributed by atoms with van der Waals surface area (Å²) in [5.41, 5.74) is -1.29. The highest BCUT2D eigenvalue weighted by atomic mass is 19.4. The van der Waals surface area contributed by atoms with Crippen molar-refractivity contribution in [3.8, 4) is 0 Å². The first-order valence-corrected chi connectivity index (χ1v) is 9.97. The third-order valence-corrected chi connectivity index (χ3v) is 4.09. The van der Waals surface area contributed by atoms with Gasteiger partial charge in [-0.2, -0.15) is 13.2 Å². The van der Waals surface area contributed by atoms with E-state index in [1.54, 1.807) is 6.92 Å². The van der Waals surface area contributed by atoms with Crippen molar-refractivity contribution in [2.24, 2.45) is 0 Å². The van der Waals surface area contributed by atoms with Gasteiger partial charge in [-0.3, -0.25) is 15.0 Å². The maximum atomic E-state index is 13.2. The van der Waals surface area contributed by atoms with Gasteiger partial charge in [0, 0.05) is 31.5 Å². The zero-order chi connectivity index (χ0) is 24.4. The van der Waals surface area contributed by atoms with Gasteiger partial charge < -0.3 is 24.7 Å². The van der Waals surface area contributed by atoms with Crippen molar-refractivity contribution in [1.29, 1.82) is 5.41 Å². The number of pyridine rings is 2. The third-order valence-electron chi connectivity index (χ3n) is 4.09. The summed E-state index contributed by atoms with van der Waals surface area (Å²) in [6, 6.07) is 5.22. The van der Waals surface area contributed by atoms with Crippen LogP contribution in [0.1, 0.15) is 24.2 Å². The summed E-state index contributed by atoms with van der Waals surface area (Å²) in [6.45, 7) is 4.53. The summed E-state index contributed by atoms with van der Waals surface area (Å²) in [4.78, 5) is 28.3. The average molecular weight is 467 g/mol. The molecule has 0 saturated heterocycles. The van der Waals surface area contributed by atoms with Crippen LogP contribution in [-0.2, 0) is 16.0 Å². The van der Waals surface area contributed by atoms with E-state index in [9.17, 15) is 22.8 Å². The van der Waals surface area contributed by atoms with E-state index in [2.05, 4.69) is 15.6 Å². The number of alkyl halides is 3. The van der Waals surface area contributed by atoms with Gasteiger partial charge in [0.05, 0.1) is 30.7 Å². The molecule has 0 fully saturated rings. The molecule has 0 aliphatic carbocycles. The summed E-state index contributed by atoms with van der Waals surface area (Å²) in [5, 5.41) is 12.1. The van der Waals surface area contributed by atoms with Crippen molar-refractivity contribution in [1.82, 2.24) is 9.55 Å². The molecule has 9 nitrogen and oxygen atoms in total. The molecule has 0 atom stereocenters. The van der Waals surface area contributed by atoms with Crippen LogP contribution < -0.4 is 16.2 Å². The second-order valence-electron chi connectivity index (χ2n) is 6.51. The van der Waals surface area contributed by atoms with Crippen molar-refractivity contribution in [3.63, 3.8) is 0 Å². The minimum Gasteiger partial charge on any atom is -0.478 e. The number of halogens is 3. The van der Waals surface area contributed by atoms with Crippen molar-refractivity contribution >= 4 is 23.3 Å². The number of hydrogen-bond acceptors (Lipinski definition) is 7. The van der Waals surface area contributed by atoms with Crippen LogP contribution in [0.25, 0.3) is 0 Å². The molecule has 0 saturated carbocycles. The summed E-state index contributed by atoms with van der Waals surface area (Å²) in [7, 11) is 0. The molecule has 33 heavy (non-hydrogen) atoms. The van der Waals surface area contributed by atoms with Crippen LogP contribution in [0.5, 0.6) is 0 Å². The predicted octanol–water partition coefficient (Wildman–Crippen LogP) is 3.40. The minimum atomic E-state index is -4.75. The van der Waals surface area contributed by atoms with E-state index in [1.807, 2.05) is 6.92 Å². The molecule has 2 rings (SSSR count). The minimum absolute atomic E-state index is 0.00894. The number of carbonyl (C=O) groups is 1. The van der Waals surface area contributed by atoms with E-state index in [0.29, 0.717) is 19.3 Å². The molecule has 0 aliphatic rings. The summed E-state index contributed by atoms with van der Waals surface area (Å²) in [6.07, 6.45) is -1.73. The zero-order valence-corrected chi connectivity index (χ0v) is 18.0. The number of anilines is 2. The van der Waals surface area contributed by atoms with E-state index < -0.39 is 23.7 Å². The molecule has 178 valence electrons. The van der Waals surface area contributed by atoms with E-state index in [4.69, 9.17) is 14.9 Å². The lowest BCUT2D eigenvalue weighted by Crippen LogP contribution is -2.24. The highest BCUT2D eigenvalue weighted by Gasteiger charge is 2.34. The van der Waals surface area contributed by atoms with Gasteiger partial charge in [-0.15, -0.1) is 0 Å². The van der Waals surface area contributed by atoms with Gasteiger partial charge >= 0.3 is 6.18 Å². The van der Waals surface area contributed by atoms with E-state index in [1.165, 1.54) is 35.0 Å². The summed E-state index contributed by atoms with van der Waals surface area (Å²) < 4.78 is 50.9. The van der Waals surface area contributed by atoms with Gasteiger partial charge in [-0.1, -0.05) is 0 Å². The van der Waals surface area contributed by atoms with Gasteiger partial charge in [0.1, 0.15) is 11.5 Å². The van der Waals surface area contributed by atoms with Gasteiger partial charge in [0.15, 0.2) is 0 Å². The first-order chi connectivity index (χ1) is 15.6. The first kappa shape index (κ1) is 25.6. The Hall–Kier alpha value is -3.67. The van der Waals surface area contributed by atoms with Gasteiger partial charge in [-0.25, -0.2) is 4.98 Å². The fourth-order valence-corrected chi connectivity index (χ4v) is 2.55. The van der Waals surface area contributed by atoms with Gasteiger partial charge in [0.25, 0.3) is 11.5 Å². The summed E-state index contributed by atoms with van der Waals surface area (Å²) >= 11 is 0. The number of allylic oxidation sites excluding steroid dienone is 1. The van der Waals surface area contributed by atoms with Crippen LogP contribution in [-0.4, -0.2) is 47.4 Å². The van der Waals surface area contributed by atoms with Crippen molar-refractivity contribution in [2.75, 3.05) is 30.5 Å². The molecule has 0 bridgehead atoms. The number of nitrogens with one attached hydrogen (secondary N) is 3. The van der Waals surface area contributed by atoms with Crippen LogP contribution in [0.4, 0.5) is 24.7 Å². The fraction of sp³-hybridized carbons (Fsp3) is 0.333. The number of carbonyl (C=O) groups excluding carboxylic acids is 1. The molecule has 0 unspecified atom stereocenters. The number of amides is 1. The highest BCUT2D eigenvalue weighted by Crippen LogP contribution is 2.27. The Morgan fingerprint density at radius 3 is 2.55 bits per heavy atom. The van der Waals surface area contributed by atoms with Crippen LogP contribution in [0.3, 0.4) is 0 Å². The van der Waals surface area contributed by atoms with Crippen LogP contribution in [0, 0.1) is 5.41 Å². The highest BCUT2D eigenvalue weighted by molar-refractivity contribution is 6.03. The van der Waals surface area contributed by atoms with E-state index >= 15 is 0 Å². The Labute approximate surface area is 187 Å². The smallest absolute Gasteiger partial charge is 0.431 e. The second kappa shape index (κ2) is 11.8. The van der Waals surface area contributed by atoms with E-state index in [0.717, 1.165) is 6.20 Å². The van der Waals surface area contributed by atoms with Crippen molar-refractivity contribution in [3.05, 3.63) is 64.3 Å². The molecule has 1 amide bonds. The SMILES string of the molecule is CCOCCn1cc(C(=O)Nc2ccc(N/C(=C\C(=N)OCC)C(F)(F)F)cn2)ccc1=O. The monoisotopic (exact) mass is 467 g/mol. The van der Waals surface area contributed by atoms with Gasteiger partial charge in [0.2, 0.25) is 5.90 Å². The second-order valence-corrected chi connectivity index (χ2v) is 6.51. The lowest BCUT2D eigenvalue weighted by Gasteiger charge is -2.15. The third kappa shape index (κ3) is 8.07. The molecule has 0 aliphatic heterocycles. The van der Waals surface area contributed by atoms with Crippen LogP contribution in [0.2, 0.25) is 0 Å². The molecule has 2 heterocycles. The molecular formula is C21H24F3N5O4. The molecule has 2 aromatic rings. The zero-order valence-electron chi connectivity index (χ0n) is 18.0. The normalized spacial score (nSPS) is 11.7. The number of rotatable bonds is 10. The standard InChI is InChI=1S/C21H24F3N5O4/c1-3-32-10-9-29-13-14(5-8-19(29)30)20(31)28-18-7-6-15(12-26-18)27-16(21(22,23)24)11-17(25)33-4-2/h5-8,11-13,25,27H,3-4,9-10H2,1-2H3,(H,26,28,31)/b16-11-,25-17?. The molecule has 12 heteroatoms. The first-order valence-electron chi connectivity index (χ1n) is 9.97. The Morgan fingerprint density at radius 2 is 1.94 bits per heavy atom. The van der Waals surface area contributed by atoms with Crippen LogP contribution >= 0.6 is 0 Å². The fourth-order valence-electron chi connectivity index (χ4n) is 2.55. The molecule has 3 N–H and O–H groups in total. The Kier molecular flexibility index (Phi) is 9.16. The Morgan fingerprint density at radius 1 is 1.18 bits per heavy atom. The lowest BCUT2D eigenvalue weighted by atomic mass is 10.2.